The summed E-state index contributed by atoms with van der Waals surface area (Å²) in [5.41, 5.74) is -0.543. The summed E-state index contributed by atoms with van der Waals surface area (Å²) in [7, 11) is 0. The van der Waals surface area contributed by atoms with Gasteiger partial charge >= 0.3 is 5.97 Å². The van der Waals surface area contributed by atoms with Gasteiger partial charge < -0.3 is 10.1 Å². The molecule has 1 atom stereocenters. The minimum absolute atomic E-state index is 0.0613. The maximum Gasteiger partial charge on any atom is 0.339 e. The Morgan fingerprint density at radius 3 is 2.61 bits per heavy atom. The lowest BCUT2D eigenvalue weighted by Crippen LogP contribution is -2.50. The fraction of sp³-hybridized carbons (Fsp3) is 0.471. The third kappa shape index (κ3) is 5.29. The summed E-state index contributed by atoms with van der Waals surface area (Å²) < 4.78 is 5.07. The zero-order valence-electron chi connectivity index (χ0n) is 13.9. The van der Waals surface area contributed by atoms with E-state index in [0.717, 1.165) is 10.6 Å². The predicted octanol–water partition coefficient (Wildman–Crippen LogP) is 3.01. The molecule has 1 aromatic carbocycles. The van der Waals surface area contributed by atoms with E-state index in [4.69, 9.17) is 4.74 Å². The molecule has 0 spiro atoms. The van der Waals surface area contributed by atoms with Gasteiger partial charge in [-0.1, -0.05) is 32.9 Å². The number of esters is 1. The van der Waals surface area contributed by atoms with E-state index < -0.39 is 24.0 Å². The average molecular weight is 334 g/mol. The van der Waals surface area contributed by atoms with Gasteiger partial charge in [-0.2, -0.15) is 5.26 Å². The van der Waals surface area contributed by atoms with Crippen molar-refractivity contribution in [3.63, 3.8) is 0 Å². The number of benzene rings is 1. The number of nitrogens with one attached hydrogen (secondary N) is 1. The Balaban J connectivity index is 2.67. The van der Waals surface area contributed by atoms with Gasteiger partial charge in [-0.15, -0.1) is 11.8 Å². The summed E-state index contributed by atoms with van der Waals surface area (Å²) >= 11 is 1.54. The molecule has 0 aromatic heterocycles. The lowest BCUT2D eigenvalue weighted by Gasteiger charge is -2.27. The third-order valence-corrected chi connectivity index (χ3v) is 4.48. The van der Waals surface area contributed by atoms with Crippen LogP contribution < -0.4 is 5.32 Å². The first-order chi connectivity index (χ1) is 10.8. The minimum atomic E-state index is -0.987. The number of hydrogen-bond donors (Lipinski definition) is 1. The molecule has 0 fully saturated rings. The molecule has 0 aliphatic heterocycles. The van der Waals surface area contributed by atoms with Crippen molar-refractivity contribution < 1.29 is 14.3 Å². The molecule has 0 unspecified atom stereocenters. The number of rotatable bonds is 7. The van der Waals surface area contributed by atoms with E-state index in [-0.39, 0.29) is 5.92 Å². The maximum absolute atomic E-state index is 12.1. The molecule has 23 heavy (non-hydrogen) atoms. The molecule has 6 heteroatoms. The number of hydrogen-bond acceptors (Lipinski definition) is 5. The number of carbonyl (C=O) groups excluding carboxylic acids is 2. The summed E-state index contributed by atoms with van der Waals surface area (Å²) in [6.07, 6.45) is 0. The molecule has 0 bridgehead atoms. The highest BCUT2D eigenvalue weighted by molar-refractivity contribution is 7.99. The molecule has 0 aliphatic carbocycles. The zero-order valence-corrected chi connectivity index (χ0v) is 14.7. The van der Waals surface area contributed by atoms with Crippen LogP contribution in [0.25, 0.3) is 0 Å². The van der Waals surface area contributed by atoms with E-state index in [1.807, 2.05) is 32.9 Å². The van der Waals surface area contributed by atoms with Crippen LogP contribution in [0.3, 0.4) is 0 Å². The van der Waals surface area contributed by atoms with Crippen LogP contribution in [-0.4, -0.2) is 29.8 Å². The van der Waals surface area contributed by atoms with Crippen LogP contribution in [0.5, 0.6) is 0 Å². The van der Waals surface area contributed by atoms with Crippen molar-refractivity contribution in [3.05, 3.63) is 29.8 Å². The second-order valence-corrected chi connectivity index (χ2v) is 6.83. The first-order valence-electron chi connectivity index (χ1n) is 7.45. The molecule has 1 rings (SSSR count). The molecular weight excluding hydrogens is 312 g/mol. The molecule has 0 aliphatic rings. The molecule has 5 nitrogen and oxygen atoms in total. The number of nitriles is 1. The highest BCUT2D eigenvalue weighted by atomic mass is 32.2. The van der Waals surface area contributed by atoms with E-state index in [1.54, 1.807) is 19.1 Å². The average Bonchev–Trinajstić information content (AvgIpc) is 2.53. The van der Waals surface area contributed by atoms with Crippen molar-refractivity contribution in [1.29, 1.82) is 5.26 Å². The van der Waals surface area contributed by atoms with Crippen LogP contribution in [0.2, 0.25) is 0 Å². The smallest absolute Gasteiger partial charge is 0.339 e. The van der Waals surface area contributed by atoms with E-state index in [9.17, 15) is 14.9 Å². The fourth-order valence-electron chi connectivity index (χ4n) is 1.75. The zero-order chi connectivity index (χ0) is 17.5. The van der Waals surface area contributed by atoms with Crippen molar-refractivity contribution in [2.75, 3.05) is 12.4 Å². The van der Waals surface area contributed by atoms with Crippen molar-refractivity contribution >= 4 is 23.6 Å². The summed E-state index contributed by atoms with van der Waals surface area (Å²) in [6, 6.07) is 9.20. The molecule has 0 saturated carbocycles. The molecule has 124 valence electrons. The Morgan fingerprint density at radius 2 is 2.04 bits per heavy atom. The van der Waals surface area contributed by atoms with Gasteiger partial charge in [0.05, 0.1) is 11.6 Å². The van der Waals surface area contributed by atoms with Crippen LogP contribution in [0.15, 0.2) is 29.2 Å². The normalized spacial score (nSPS) is 13.0. The first-order valence-corrected chi connectivity index (χ1v) is 8.43. The van der Waals surface area contributed by atoms with Crippen molar-refractivity contribution in [1.82, 2.24) is 5.32 Å². The first kappa shape index (κ1) is 19.0. The lowest BCUT2D eigenvalue weighted by atomic mass is 9.90. The number of amides is 1. The van der Waals surface area contributed by atoms with Crippen molar-refractivity contribution in [3.8, 4) is 6.07 Å². The lowest BCUT2D eigenvalue weighted by molar-refractivity contribution is -0.125. The maximum atomic E-state index is 12.1. The predicted molar refractivity (Wildman–Crippen MR) is 90.1 cm³/mol. The Hall–Kier alpha value is -2.00. The van der Waals surface area contributed by atoms with E-state index in [0.29, 0.717) is 5.56 Å². The van der Waals surface area contributed by atoms with Crippen LogP contribution in [0.4, 0.5) is 0 Å². The Labute approximate surface area is 141 Å². The fourth-order valence-corrected chi connectivity index (χ4v) is 2.55. The standard InChI is InChI=1S/C17H22N2O3S/c1-5-23-14-9-7-6-8-13(14)16(21)22-10-15(20)19-17(4,11-18)12(2)3/h6-9,12H,5,10H2,1-4H3,(H,19,20)/t17-/m0/s1. The van der Waals surface area contributed by atoms with E-state index in [1.165, 1.54) is 11.8 Å². The second kappa shape index (κ2) is 8.59. The van der Waals surface area contributed by atoms with Crippen LogP contribution in [-0.2, 0) is 9.53 Å². The van der Waals surface area contributed by atoms with Gasteiger partial charge in [-0.05, 0) is 30.7 Å². The summed E-state index contributed by atoms with van der Waals surface area (Å²) in [5, 5.41) is 11.8. The molecule has 0 radical (unpaired) electrons. The number of thioether (sulfide) groups is 1. The van der Waals surface area contributed by atoms with Gasteiger partial charge in [-0.25, -0.2) is 4.79 Å². The summed E-state index contributed by atoms with van der Waals surface area (Å²) in [5.74, 6) is -0.259. The van der Waals surface area contributed by atoms with Gasteiger partial charge in [0.25, 0.3) is 5.91 Å². The Morgan fingerprint density at radius 1 is 1.39 bits per heavy atom. The number of carbonyl (C=O) groups is 2. The van der Waals surface area contributed by atoms with E-state index in [2.05, 4.69) is 11.4 Å². The van der Waals surface area contributed by atoms with Gasteiger partial charge in [0.15, 0.2) is 6.61 Å². The summed E-state index contributed by atoms with van der Waals surface area (Å²) in [4.78, 5) is 24.9. The van der Waals surface area contributed by atoms with Gasteiger partial charge in [0.2, 0.25) is 0 Å². The quantitative estimate of drug-likeness (QED) is 0.612. The second-order valence-electron chi connectivity index (χ2n) is 5.52. The minimum Gasteiger partial charge on any atom is -0.452 e. The summed E-state index contributed by atoms with van der Waals surface area (Å²) in [6.45, 7) is 6.91. The molecule has 0 heterocycles. The highest BCUT2D eigenvalue weighted by Gasteiger charge is 2.30. The molecule has 1 aromatic rings. The molecule has 1 amide bonds. The molecule has 1 N–H and O–H groups in total. The highest BCUT2D eigenvalue weighted by Crippen LogP contribution is 2.23. The third-order valence-electron chi connectivity index (χ3n) is 3.53. The Bertz CT molecular complexity index is 610. The molecule has 0 saturated heterocycles. The van der Waals surface area contributed by atoms with Crippen LogP contribution >= 0.6 is 11.8 Å². The number of nitrogens with zero attached hydrogens (tertiary/aromatic N) is 1. The molecular formula is C17H22N2O3S. The van der Waals surface area contributed by atoms with Crippen molar-refractivity contribution in [2.45, 2.75) is 38.1 Å². The largest absolute Gasteiger partial charge is 0.452 e. The van der Waals surface area contributed by atoms with Gasteiger partial charge in [0.1, 0.15) is 5.54 Å². The van der Waals surface area contributed by atoms with Gasteiger partial charge in [-0.3, -0.25) is 4.79 Å². The van der Waals surface area contributed by atoms with E-state index >= 15 is 0 Å². The SMILES string of the molecule is CCSc1ccccc1C(=O)OCC(=O)N[C@@](C)(C#N)C(C)C. The van der Waals surface area contributed by atoms with Crippen LogP contribution in [0, 0.1) is 17.2 Å². The van der Waals surface area contributed by atoms with Crippen LogP contribution in [0.1, 0.15) is 38.1 Å². The number of ether oxygens (including phenoxy) is 1. The van der Waals surface area contributed by atoms with Crippen molar-refractivity contribution in [2.24, 2.45) is 5.92 Å². The Kier molecular flexibility index (Phi) is 7.11. The topological polar surface area (TPSA) is 79.2 Å². The van der Waals surface area contributed by atoms with Gasteiger partial charge in [0, 0.05) is 4.90 Å². The monoisotopic (exact) mass is 334 g/mol.